The molecule has 0 saturated heterocycles. The Morgan fingerprint density at radius 3 is 1.23 bits per heavy atom. The topological polar surface area (TPSA) is 170 Å². The van der Waals surface area contributed by atoms with E-state index in [4.69, 9.17) is 28.4 Å². The van der Waals surface area contributed by atoms with Gasteiger partial charge in [0.1, 0.15) is 13.6 Å². The number of benzene rings is 2. The third-order valence-electron chi connectivity index (χ3n) is 7.19. The van der Waals surface area contributed by atoms with Crippen LogP contribution >= 0.6 is 0 Å². The van der Waals surface area contributed by atoms with Crippen molar-refractivity contribution in [3.05, 3.63) is 71.8 Å². The van der Waals surface area contributed by atoms with Crippen LogP contribution in [0.25, 0.3) is 0 Å². The van der Waals surface area contributed by atoms with E-state index in [1.807, 2.05) is 60.7 Å². The summed E-state index contributed by atoms with van der Waals surface area (Å²) in [7, 11) is 0. The Hall–Kier alpha value is -2.94. The normalized spacial score (nSPS) is 15.3. The predicted octanol–water partition coefficient (Wildman–Crippen LogP) is 3.41. The Morgan fingerprint density at radius 2 is 0.894 bits per heavy atom. The number of ether oxygens (including phenoxy) is 6. The minimum atomic E-state index is -1.04. The zero-order chi connectivity index (χ0) is 34.3. The van der Waals surface area contributed by atoms with Gasteiger partial charge in [0, 0.05) is 26.7 Å². The van der Waals surface area contributed by atoms with Gasteiger partial charge >= 0.3 is 11.9 Å². The van der Waals surface area contributed by atoms with Crippen LogP contribution in [0.3, 0.4) is 0 Å². The average Bonchev–Trinajstić information content (AvgIpc) is 3.01. The Bertz CT molecular complexity index is 1000. The Balaban J connectivity index is 1.76. The van der Waals surface area contributed by atoms with Gasteiger partial charge in [-0.05, 0) is 43.2 Å². The van der Waals surface area contributed by atoms with Gasteiger partial charge in [0.2, 0.25) is 0 Å². The molecule has 0 aliphatic carbocycles. The van der Waals surface area contributed by atoms with E-state index in [0.29, 0.717) is 26.1 Å². The fourth-order valence-corrected chi connectivity index (χ4v) is 4.90. The largest absolute Gasteiger partial charge is 0.466 e. The van der Waals surface area contributed by atoms with E-state index in [1.165, 1.54) is 13.8 Å². The second-order valence-electron chi connectivity index (χ2n) is 11.5. The van der Waals surface area contributed by atoms with Crippen LogP contribution in [0, 0.1) is 0 Å². The summed E-state index contributed by atoms with van der Waals surface area (Å²) >= 11 is 0. The lowest BCUT2D eigenvalue weighted by Crippen LogP contribution is -2.30. The van der Waals surface area contributed by atoms with Gasteiger partial charge in [-0.1, -0.05) is 60.7 Å². The summed E-state index contributed by atoms with van der Waals surface area (Å²) in [5.74, 6) is -0.843. The Morgan fingerprint density at radius 1 is 0.553 bits per heavy atom. The van der Waals surface area contributed by atoms with Crippen molar-refractivity contribution in [2.75, 3.05) is 26.8 Å². The highest BCUT2D eigenvalue weighted by Crippen LogP contribution is 2.18. The highest BCUT2D eigenvalue weighted by Gasteiger charge is 2.24. The van der Waals surface area contributed by atoms with E-state index < -0.39 is 48.6 Å². The molecule has 0 unspecified atom stereocenters. The fourth-order valence-electron chi connectivity index (χ4n) is 4.90. The molecule has 0 aliphatic rings. The van der Waals surface area contributed by atoms with E-state index in [-0.39, 0.29) is 58.9 Å². The lowest BCUT2D eigenvalue weighted by molar-refractivity contribution is -0.145. The number of hydrogen-bond acceptors (Lipinski definition) is 12. The molecule has 0 amide bonds. The van der Waals surface area contributed by atoms with E-state index in [9.17, 15) is 30.0 Å². The SMILES string of the molecule is CC(=O)OCC[C@H](C[C@H](O)C[C@H](O)C[C@H](O)C[C@@H](O)C[C@@H](CCOC(C)=O)OCOCc1ccccc1)OCOCc1ccccc1. The molecule has 6 atom stereocenters. The molecule has 12 heteroatoms. The number of carbonyl (C=O) groups is 2. The molecule has 264 valence electrons. The van der Waals surface area contributed by atoms with Crippen LogP contribution in [0.15, 0.2) is 60.7 Å². The van der Waals surface area contributed by atoms with Crippen LogP contribution in [0.4, 0.5) is 0 Å². The van der Waals surface area contributed by atoms with Crippen LogP contribution in [0.5, 0.6) is 0 Å². The smallest absolute Gasteiger partial charge is 0.302 e. The third-order valence-corrected chi connectivity index (χ3v) is 7.19. The van der Waals surface area contributed by atoms with Crippen molar-refractivity contribution in [1.29, 1.82) is 0 Å². The van der Waals surface area contributed by atoms with E-state index in [2.05, 4.69) is 0 Å². The highest BCUT2D eigenvalue weighted by atomic mass is 16.7. The van der Waals surface area contributed by atoms with Crippen molar-refractivity contribution in [1.82, 2.24) is 0 Å². The molecule has 2 rings (SSSR count). The molecule has 0 heterocycles. The zero-order valence-electron chi connectivity index (χ0n) is 27.5. The van der Waals surface area contributed by atoms with Crippen molar-refractivity contribution in [2.45, 2.75) is 109 Å². The Kier molecular flexibility index (Phi) is 20.8. The quantitative estimate of drug-likeness (QED) is 0.0658. The summed E-state index contributed by atoms with van der Waals surface area (Å²) in [6, 6.07) is 19.2. The van der Waals surface area contributed by atoms with E-state index >= 15 is 0 Å². The van der Waals surface area contributed by atoms with E-state index in [0.717, 1.165) is 11.1 Å². The van der Waals surface area contributed by atoms with Crippen molar-refractivity contribution in [3.63, 3.8) is 0 Å². The lowest BCUT2D eigenvalue weighted by atomic mass is 9.96. The molecule has 0 bridgehead atoms. The molecule has 0 aromatic heterocycles. The summed E-state index contributed by atoms with van der Waals surface area (Å²) < 4.78 is 32.8. The van der Waals surface area contributed by atoms with Crippen molar-refractivity contribution >= 4 is 11.9 Å². The van der Waals surface area contributed by atoms with E-state index in [1.54, 1.807) is 0 Å². The molecule has 0 fully saturated rings. The first-order valence-electron chi connectivity index (χ1n) is 16.1. The summed E-state index contributed by atoms with van der Waals surface area (Å²) in [6.07, 6.45) is -4.18. The van der Waals surface area contributed by atoms with Gasteiger partial charge in [0.25, 0.3) is 0 Å². The molecule has 0 radical (unpaired) electrons. The number of esters is 2. The first-order chi connectivity index (χ1) is 22.6. The number of hydrogen-bond donors (Lipinski definition) is 4. The van der Waals surface area contributed by atoms with Crippen molar-refractivity contribution in [3.8, 4) is 0 Å². The summed E-state index contributed by atoms with van der Waals surface area (Å²) in [6.45, 7) is 3.47. The van der Waals surface area contributed by atoms with Crippen LogP contribution in [0.1, 0.15) is 69.9 Å². The van der Waals surface area contributed by atoms with Gasteiger partial charge in [0.05, 0.1) is 63.1 Å². The Labute approximate surface area is 277 Å². The van der Waals surface area contributed by atoms with Gasteiger partial charge in [-0.2, -0.15) is 0 Å². The van der Waals surface area contributed by atoms with Crippen LogP contribution < -0.4 is 0 Å². The van der Waals surface area contributed by atoms with Crippen LogP contribution in [-0.2, 0) is 51.2 Å². The average molecular weight is 665 g/mol. The molecule has 0 aliphatic heterocycles. The molecule has 2 aromatic carbocycles. The molecule has 12 nitrogen and oxygen atoms in total. The minimum absolute atomic E-state index is 0.0294. The van der Waals surface area contributed by atoms with Gasteiger partial charge < -0.3 is 48.8 Å². The van der Waals surface area contributed by atoms with Crippen molar-refractivity contribution in [2.24, 2.45) is 0 Å². The summed E-state index contributed by atoms with van der Waals surface area (Å²) in [4.78, 5) is 22.4. The van der Waals surface area contributed by atoms with Crippen LogP contribution in [0.2, 0.25) is 0 Å². The zero-order valence-corrected chi connectivity index (χ0v) is 27.5. The first kappa shape index (κ1) is 40.2. The van der Waals surface area contributed by atoms with Gasteiger partial charge in [-0.25, -0.2) is 0 Å². The second-order valence-corrected chi connectivity index (χ2v) is 11.5. The predicted molar refractivity (Wildman–Crippen MR) is 172 cm³/mol. The molecule has 47 heavy (non-hydrogen) atoms. The van der Waals surface area contributed by atoms with Gasteiger partial charge in [-0.15, -0.1) is 0 Å². The first-order valence-corrected chi connectivity index (χ1v) is 16.1. The lowest BCUT2D eigenvalue weighted by Gasteiger charge is -2.25. The second kappa shape index (κ2) is 24.2. The monoisotopic (exact) mass is 664 g/mol. The standard InChI is InChI=1S/C35H52O12/c1-26(36)44-15-13-34(46-24-42-22-28-9-5-3-6-10-28)20-32(40)18-30(38)17-31(39)19-33(41)21-35(14-16-45-27(2)37)47-25-43-23-29-11-7-4-8-12-29/h3-12,30-35,38-41H,13-25H2,1-2H3/t30-,31+,32-,33-,34-,35-/m1/s1. The number of rotatable bonds is 26. The molecule has 2 aromatic rings. The fraction of sp³-hybridized carbons (Fsp3) is 0.600. The number of carbonyl (C=O) groups excluding carboxylic acids is 2. The maximum absolute atomic E-state index is 11.2. The maximum atomic E-state index is 11.2. The van der Waals surface area contributed by atoms with Gasteiger partial charge in [-0.3, -0.25) is 9.59 Å². The molecular weight excluding hydrogens is 612 g/mol. The summed E-state index contributed by atoms with van der Waals surface area (Å²) in [5.41, 5.74) is 1.97. The molecule has 0 spiro atoms. The third kappa shape index (κ3) is 20.8. The minimum Gasteiger partial charge on any atom is -0.466 e. The molecular formula is C35H52O12. The maximum Gasteiger partial charge on any atom is 0.302 e. The number of aliphatic hydroxyl groups excluding tert-OH is 4. The van der Waals surface area contributed by atoms with Gasteiger partial charge in [0.15, 0.2) is 0 Å². The number of aliphatic hydroxyl groups is 4. The summed E-state index contributed by atoms with van der Waals surface area (Å²) in [5, 5.41) is 42.5. The highest BCUT2D eigenvalue weighted by molar-refractivity contribution is 5.66. The molecule has 0 saturated carbocycles. The molecule has 4 N–H and O–H groups in total. The van der Waals surface area contributed by atoms with Crippen LogP contribution in [-0.4, -0.2) is 95.8 Å². The van der Waals surface area contributed by atoms with Crippen molar-refractivity contribution < 1.29 is 58.4 Å².